The van der Waals surface area contributed by atoms with Gasteiger partial charge in [0.15, 0.2) is 0 Å². The minimum atomic E-state index is -0.501. The van der Waals surface area contributed by atoms with Gasteiger partial charge in [-0.25, -0.2) is 4.79 Å². The zero-order valence-electron chi connectivity index (χ0n) is 3.80. The van der Waals surface area contributed by atoms with Gasteiger partial charge in [-0.05, 0) is 6.26 Å². The van der Waals surface area contributed by atoms with E-state index in [1.807, 2.05) is 6.26 Å². The van der Waals surface area contributed by atoms with Crippen LogP contribution in [0.15, 0.2) is 0 Å². The predicted octanol–water partition coefficient (Wildman–Crippen LogP) is 0.581. The van der Waals surface area contributed by atoms with Crippen LogP contribution in [0.25, 0.3) is 0 Å². The highest BCUT2D eigenvalue weighted by atomic mass is 33.1. The number of hydrogen-bond acceptors (Lipinski definition) is 3. The molecule has 0 bridgehead atoms. The number of hydrogen-bond donors (Lipinski definition) is 2. The first-order valence-electron chi connectivity index (χ1n) is 1.52. The van der Waals surface area contributed by atoms with E-state index in [4.69, 9.17) is 5.73 Å². The Morgan fingerprint density at radius 2 is 2.43 bits per heavy atom. The van der Waals surface area contributed by atoms with Crippen molar-refractivity contribution < 1.29 is 4.79 Å². The molecule has 0 aliphatic carbocycles. The van der Waals surface area contributed by atoms with E-state index < -0.39 is 6.03 Å². The number of primary amides is 1. The average molecular weight is 138 g/mol. The van der Waals surface area contributed by atoms with Gasteiger partial charge in [0.05, 0.1) is 0 Å². The third-order valence-electron chi connectivity index (χ3n) is 0.226. The molecule has 42 valence electrons. The second-order valence-corrected chi connectivity index (χ2v) is 2.92. The molecule has 0 saturated carbocycles. The zero-order chi connectivity index (χ0) is 5.70. The summed E-state index contributed by atoms with van der Waals surface area (Å²) in [6.07, 6.45) is 1.85. The van der Waals surface area contributed by atoms with Crippen LogP contribution in [0.1, 0.15) is 0 Å². The Hall–Kier alpha value is -0.0300. The summed E-state index contributed by atoms with van der Waals surface area (Å²) in [5.74, 6) is 0. The molecule has 0 aromatic rings. The number of rotatable bonds is 2. The van der Waals surface area contributed by atoms with Gasteiger partial charge in [0, 0.05) is 11.0 Å². The van der Waals surface area contributed by atoms with E-state index in [0.29, 0.717) is 0 Å². The summed E-state index contributed by atoms with van der Waals surface area (Å²) in [6, 6.07) is -0.501. The van der Waals surface area contributed by atoms with Gasteiger partial charge in [-0.15, -0.1) is 0 Å². The monoisotopic (exact) mass is 138 g/mol. The maximum atomic E-state index is 9.84. The molecular weight excluding hydrogens is 132 g/mol. The molecule has 0 aromatic heterocycles. The van der Waals surface area contributed by atoms with Crippen LogP contribution in [0.2, 0.25) is 0 Å². The lowest BCUT2D eigenvalue weighted by molar-refractivity contribution is 0.254. The number of nitrogens with one attached hydrogen (secondary N) is 1. The summed E-state index contributed by atoms with van der Waals surface area (Å²) in [4.78, 5) is 9.84. The minimum absolute atomic E-state index is 0.501. The van der Waals surface area contributed by atoms with E-state index in [1.165, 1.54) is 21.8 Å². The Bertz CT molecular complexity index is 66.7. The van der Waals surface area contributed by atoms with E-state index in [9.17, 15) is 4.79 Å². The van der Waals surface area contributed by atoms with Crippen molar-refractivity contribution in [2.24, 2.45) is 5.73 Å². The first kappa shape index (κ1) is 6.97. The van der Waals surface area contributed by atoms with E-state index in [0.717, 1.165) is 0 Å². The Morgan fingerprint density at radius 3 is 2.57 bits per heavy atom. The largest absolute Gasteiger partial charge is 0.351 e. The number of nitrogens with two attached hydrogens (primary N) is 1. The Kier molecular flexibility index (Phi) is 4.12. The van der Waals surface area contributed by atoms with Crippen molar-refractivity contribution in [2.45, 2.75) is 0 Å². The van der Waals surface area contributed by atoms with E-state index in [-0.39, 0.29) is 0 Å². The number of carbonyl (C=O) groups is 1. The standard InChI is InChI=1S/C2H6N2OS2/c1-6-7-4-2(3)5/h1H3,(H3,3,4,5). The van der Waals surface area contributed by atoms with Crippen molar-refractivity contribution in [3.8, 4) is 0 Å². The quantitative estimate of drug-likeness (QED) is 0.433. The van der Waals surface area contributed by atoms with Gasteiger partial charge >= 0.3 is 6.03 Å². The third-order valence-corrected chi connectivity index (χ3v) is 1.43. The van der Waals surface area contributed by atoms with Crippen LogP contribution in [0.3, 0.4) is 0 Å². The lowest BCUT2D eigenvalue weighted by atomic mass is 11.2. The minimum Gasteiger partial charge on any atom is -0.351 e. The second-order valence-electron chi connectivity index (χ2n) is 0.716. The maximum Gasteiger partial charge on any atom is 0.322 e. The molecule has 0 spiro atoms. The topological polar surface area (TPSA) is 55.1 Å². The third kappa shape index (κ3) is 5.97. The molecule has 3 N–H and O–H groups in total. The Balaban J connectivity index is 2.82. The molecule has 0 aliphatic rings. The van der Waals surface area contributed by atoms with E-state index >= 15 is 0 Å². The van der Waals surface area contributed by atoms with Crippen molar-refractivity contribution >= 4 is 27.8 Å². The fourth-order valence-corrected chi connectivity index (χ4v) is 0.745. The molecular formula is C2H6N2OS2. The summed E-state index contributed by atoms with van der Waals surface area (Å²) < 4.78 is 2.31. The molecule has 5 heteroatoms. The fourth-order valence-electron chi connectivity index (χ4n) is 0.0827. The van der Waals surface area contributed by atoms with Crippen LogP contribution in [0.5, 0.6) is 0 Å². The van der Waals surface area contributed by atoms with Crippen LogP contribution >= 0.6 is 21.8 Å². The molecule has 0 radical (unpaired) electrons. The first-order valence-corrected chi connectivity index (χ1v) is 4.08. The highest BCUT2D eigenvalue weighted by Crippen LogP contribution is 2.09. The first-order chi connectivity index (χ1) is 3.27. The van der Waals surface area contributed by atoms with E-state index in [2.05, 4.69) is 4.72 Å². The SMILES string of the molecule is CSSNC(N)=O. The van der Waals surface area contributed by atoms with Crippen molar-refractivity contribution in [1.82, 2.24) is 4.72 Å². The number of urea groups is 1. The van der Waals surface area contributed by atoms with Gasteiger partial charge in [0.25, 0.3) is 0 Å². The van der Waals surface area contributed by atoms with Gasteiger partial charge in [-0.3, -0.25) is 4.72 Å². The second kappa shape index (κ2) is 4.14. The lowest BCUT2D eigenvalue weighted by Gasteiger charge is -1.91. The normalized spacial score (nSPS) is 8.14. The molecule has 7 heavy (non-hydrogen) atoms. The molecule has 0 unspecified atom stereocenters. The Morgan fingerprint density at radius 1 is 1.86 bits per heavy atom. The molecule has 3 nitrogen and oxygen atoms in total. The molecule has 0 atom stereocenters. The van der Waals surface area contributed by atoms with Crippen LogP contribution in [0, 0.1) is 0 Å². The highest BCUT2D eigenvalue weighted by Gasteiger charge is 1.85. The maximum absolute atomic E-state index is 9.84. The van der Waals surface area contributed by atoms with E-state index in [1.54, 1.807) is 0 Å². The molecule has 0 aromatic carbocycles. The molecule has 0 rings (SSSR count). The zero-order valence-corrected chi connectivity index (χ0v) is 5.44. The molecule has 2 amide bonds. The van der Waals surface area contributed by atoms with Crippen LogP contribution in [0.4, 0.5) is 4.79 Å². The van der Waals surface area contributed by atoms with Gasteiger partial charge in [0.1, 0.15) is 0 Å². The Labute approximate surface area is 49.9 Å². The smallest absolute Gasteiger partial charge is 0.322 e. The van der Waals surface area contributed by atoms with Gasteiger partial charge in [-0.1, -0.05) is 10.8 Å². The van der Waals surface area contributed by atoms with Crippen LogP contribution in [-0.2, 0) is 0 Å². The molecule has 0 fully saturated rings. The van der Waals surface area contributed by atoms with Gasteiger partial charge in [-0.2, -0.15) is 0 Å². The van der Waals surface area contributed by atoms with Crippen molar-refractivity contribution in [3.63, 3.8) is 0 Å². The summed E-state index contributed by atoms with van der Waals surface area (Å²) in [5.41, 5.74) is 4.69. The summed E-state index contributed by atoms with van der Waals surface area (Å²) >= 11 is 0. The molecule has 0 heterocycles. The number of amides is 2. The summed E-state index contributed by atoms with van der Waals surface area (Å²) in [5, 5.41) is 0. The van der Waals surface area contributed by atoms with Gasteiger partial charge < -0.3 is 5.73 Å². The fraction of sp³-hybridized carbons (Fsp3) is 0.500. The number of carbonyl (C=O) groups excluding carboxylic acids is 1. The van der Waals surface area contributed by atoms with Crippen LogP contribution < -0.4 is 10.5 Å². The van der Waals surface area contributed by atoms with Crippen molar-refractivity contribution in [1.29, 1.82) is 0 Å². The van der Waals surface area contributed by atoms with Crippen LogP contribution in [-0.4, -0.2) is 12.3 Å². The molecule has 0 saturated heterocycles. The molecule has 0 aliphatic heterocycles. The average Bonchev–Trinajstić information content (AvgIpc) is 1.61. The summed E-state index contributed by atoms with van der Waals surface area (Å²) in [6.45, 7) is 0. The van der Waals surface area contributed by atoms with Crippen molar-refractivity contribution in [3.05, 3.63) is 0 Å². The predicted molar refractivity (Wildman–Crippen MR) is 33.8 cm³/mol. The van der Waals surface area contributed by atoms with Gasteiger partial charge in [0.2, 0.25) is 0 Å². The summed E-state index contributed by atoms with van der Waals surface area (Å²) in [7, 11) is 2.64. The van der Waals surface area contributed by atoms with Crippen molar-refractivity contribution in [2.75, 3.05) is 6.26 Å². The highest BCUT2D eigenvalue weighted by molar-refractivity contribution is 8.75. The lowest BCUT2D eigenvalue weighted by Crippen LogP contribution is -2.21.